The van der Waals surface area contributed by atoms with Gasteiger partial charge in [0, 0.05) is 30.0 Å². The number of hydrogen-bond acceptors (Lipinski definition) is 6. The fourth-order valence-electron chi connectivity index (χ4n) is 4.47. The van der Waals surface area contributed by atoms with Gasteiger partial charge in [0.2, 0.25) is 0 Å². The highest BCUT2D eigenvalue weighted by Gasteiger charge is 2.13. The minimum Gasteiger partial charge on any atom is -0.378 e. The normalized spacial score (nSPS) is 13.3. The summed E-state index contributed by atoms with van der Waals surface area (Å²) in [6.07, 6.45) is 3.71. The molecule has 2 aromatic heterocycles. The molecule has 3 heterocycles. The second kappa shape index (κ2) is 10.9. The van der Waals surface area contributed by atoms with E-state index in [9.17, 15) is 4.79 Å². The van der Waals surface area contributed by atoms with Crippen LogP contribution in [0.15, 0.2) is 103 Å². The third-order valence-electron chi connectivity index (χ3n) is 6.44. The number of nitrogens with zero attached hydrogens (tertiary/aromatic N) is 3. The zero-order valence-electron chi connectivity index (χ0n) is 20.7. The van der Waals surface area contributed by atoms with Crippen LogP contribution in [0.2, 0.25) is 0 Å². The Hall–Kier alpha value is -4.40. The van der Waals surface area contributed by atoms with Gasteiger partial charge in [-0.25, -0.2) is 4.68 Å². The zero-order chi connectivity index (χ0) is 25.7. The molecule has 2 N–H and O–H groups in total. The molecule has 1 fully saturated rings. The third-order valence-corrected chi connectivity index (χ3v) is 7.40. The summed E-state index contributed by atoms with van der Waals surface area (Å²) >= 11 is 1.70. The summed E-state index contributed by atoms with van der Waals surface area (Å²) in [5, 5.41) is 13.1. The largest absolute Gasteiger partial charge is 0.378 e. The molecule has 1 saturated heterocycles. The summed E-state index contributed by atoms with van der Waals surface area (Å²) in [6.45, 7) is 3.24. The van der Waals surface area contributed by atoms with E-state index in [0.717, 1.165) is 54.7 Å². The number of thiophene rings is 1. The van der Waals surface area contributed by atoms with Crippen molar-refractivity contribution < 1.29 is 9.53 Å². The molecule has 0 unspecified atom stereocenters. The maximum atomic E-state index is 13.0. The highest BCUT2D eigenvalue weighted by Crippen LogP contribution is 2.35. The van der Waals surface area contributed by atoms with Gasteiger partial charge in [0.05, 0.1) is 47.5 Å². The Morgan fingerprint density at radius 2 is 1.68 bits per heavy atom. The van der Waals surface area contributed by atoms with Crippen LogP contribution in [0.25, 0.3) is 16.1 Å². The Bertz CT molecular complexity index is 1520. The molecule has 0 bridgehead atoms. The van der Waals surface area contributed by atoms with Crippen LogP contribution in [-0.4, -0.2) is 42.0 Å². The Kier molecular flexibility index (Phi) is 6.89. The van der Waals surface area contributed by atoms with Gasteiger partial charge in [0.15, 0.2) is 0 Å². The van der Waals surface area contributed by atoms with Gasteiger partial charge in [-0.05, 0) is 59.5 Å². The number of morpholine rings is 1. The Balaban J connectivity index is 1.13. The summed E-state index contributed by atoms with van der Waals surface area (Å²) in [6, 6.07) is 27.8. The van der Waals surface area contributed by atoms with Crippen molar-refractivity contribution in [3.63, 3.8) is 0 Å². The molecule has 1 amide bonds. The number of ether oxygens (including phenoxy) is 1. The molecule has 1 aliphatic heterocycles. The number of hydrogen-bond donors (Lipinski definition) is 2. The van der Waals surface area contributed by atoms with E-state index >= 15 is 0 Å². The van der Waals surface area contributed by atoms with E-state index in [0.29, 0.717) is 5.56 Å². The second-order valence-corrected chi connectivity index (χ2v) is 9.89. The van der Waals surface area contributed by atoms with Crippen LogP contribution >= 0.6 is 11.3 Å². The van der Waals surface area contributed by atoms with Gasteiger partial charge < -0.3 is 20.3 Å². The topological polar surface area (TPSA) is 71.4 Å². The minimum absolute atomic E-state index is 0.165. The van der Waals surface area contributed by atoms with Crippen molar-refractivity contribution in [3.05, 3.63) is 108 Å². The van der Waals surface area contributed by atoms with Gasteiger partial charge >= 0.3 is 0 Å². The van der Waals surface area contributed by atoms with E-state index in [4.69, 9.17) is 4.74 Å². The molecule has 0 spiro atoms. The molecular formula is C30H27N5O2S. The van der Waals surface area contributed by atoms with Gasteiger partial charge in [0.25, 0.3) is 5.91 Å². The lowest BCUT2D eigenvalue weighted by Gasteiger charge is -2.28. The molecule has 6 rings (SSSR count). The predicted molar refractivity (Wildman–Crippen MR) is 154 cm³/mol. The molecular weight excluding hydrogens is 494 g/mol. The van der Waals surface area contributed by atoms with Gasteiger partial charge in [-0.2, -0.15) is 5.10 Å². The summed E-state index contributed by atoms with van der Waals surface area (Å²) < 4.78 is 7.19. The van der Waals surface area contributed by atoms with Crippen LogP contribution < -0.4 is 15.5 Å². The van der Waals surface area contributed by atoms with Crippen molar-refractivity contribution in [2.24, 2.45) is 0 Å². The molecule has 8 heteroatoms. The molecule has 0 saturated carbocycles. The molecule has 3 aromatic carbocycles. The van der Waals surface area contributed by atoms with Crippen molar-refractivity contribution >= 4 is 40.0 Å². The Labute approximate surface area is 225 Å². The monoisotopic (exact) mass is 521 g/mol. The van der Waals surface area contributed by atoms with Crippen molar-refractivity contribution in [2.75, 3.05) is 41.8 Å². The summed E-state index contributed by atoms with van der Waals surface area (Å²) in [7, 11) is 0. The number of nitrogens with one attached hydrogen (secondary N) is 2. The van der Waals surface area contributed by atoms with Gasteiger partial charge in [-0.15, -0.1) is 11.3 Å². The lowest BCUT2D eigenvalue weighted by Crippen LogP contribution is -2.36. The number of carbonyl (C=O) groups excluding carboxylic acids is 1. The van der Waals surface area contributed by atoms with Crippen molar-refractivity contribution in [2.45, 2.75) is 0 Å². The van der Waals surface area contributed by atoms with E-state index < -0.39 is 0 Å². The van der Waals surface area contributed by atoms with Crippen LogP contribution in [-0.2, 0) is 4.74 Å². The van der Waals surface area contributed by atoms with Crippen LogP contribution in [0.1, 0.15) is 10.4 Å². The number of rotatable bonds is 7. The highest BCUT2D eigenvalue weighted by atomic mass is 32.1. The molecule has 0 atom stereocenters. The van der Waals surface area contributed by atoms with Crippen LogP contribution in [0.4, 0.5) is 22.7 Å². The lowest BCUT2D eigenvalue weighted by molar-refractivity contribution is 0.102. The Morgan fingerprint density at radius 3 is 2.50 bits per heavy atom. The SMILES string of the molecule is O=C(Nc1ccc(N2CCOCC2)cc1)c1cccc(-n2cc(Nc3ccsc3-c3ccccc3)cn2)c1. The van der Waals surface area contributed by atoms with Crippen molar-refractivity contribution in [1.82, 2.24) is 9.78 Å². The molecule has 0 aliphatic carbocycles. The highest BCUT2D eigenvalue weighted by molar-refractivity contribution is 7.14. The summed E-state index contributed by atoms with van der Waals surface area (Å²) in [5.41, 5.74) is 6.34. The van der Waals surface area contributed by atoms with Crippen LogP contribution in [0.5, 0.6) is 0 Å². The van der Waals surface area contributed by atoms with Gasteiger partial charge in [0.1, 0.15) is 0 Å². The summed E-state index contributed by atoms with van der Waals surface area (Å²) in [4.78, 5) is 16.5. The molecule has 190 valence electrons. The maximum Gasteiger partial charge on any atom is 0.255 e. The van der Waals surface area contributed by atoms with Crippen molar-refractivity contribution in [3.8, 4) is 16.1 Å². The third kappa shape index (κ3) is 5.32. The summed E-state index contributed by atoms with van der Waals surface area (Å²) in [5.74, 6) is -0.165. The quantitative estimate of drug-likeness (QED) is 0.258. The number of aromatic nitrogens is 2. The average Bonchev–Trinajstić information content (AvgIpc) is 3.65. The van der Waals surface area contributed by atoms with Gasteiger partial charge in [-0.3, -0.25) is 4.79 Å². The smallest absolute Gasteiger partial charge is 0.255 e. The second-order valence-electron chi connectivity index (χ2n) is 8.98. The van der Waals surface area contributed by atoms with E-state index in [1.165, 1.54) is 10.4 Å². The van der Waals surface area contributed by atoms with E-state index in [-0.39, 0.29) is 5.91 Å². The number of anilines is 4. The lowest BCUT2D eigenvalue weighted by atomic mass is 10.1. The van der Waals surface area contributed by atoms with E-state index in [1.54, 1.807) is 28.3 Å². The molecule has 7 nitrogen and oxygen atoms in total. The minimum atomic E-state index is -0.165. The maximum absolute atomic E-state index is 13.0. The first-order valence-electron chi connectivity index (χ1n) is 12.5. The van der Waals surface area contributed by atoms with E-state index in [1.807, 2.05) is 66.9 Å². The van der Waals surface area contributed by atoms with Gasteiger partial charge in [-0.1, -0.05) is 36.4 Å². The van der Waals surface area contributed by atoms with Crippen LogP contribution in [0, 0.1) is 0 Å². The fraction of sp³-hybridized carbons (Fsp3) is 0.133. The first-order valence-corrected chi connectivity index (χ1v) is 13.4. The van der Waals surface area contributed by atoms with Crippen molar-refractivity contribution in [1.29, 1.82) is 0 Å². The average molecular weight is 522 g/mol. The number of amides is 1. The molecule has 1 aliphatic rings. The first-order chi connectivity index (χ1) is 18.7. The fourth-order valence-corrected chi connectivity index (χ4v) is 5.33. The Morgan fingerprint density at radius 1 is 0.868 bits per heavy atom. The zero-order valence-corrected chi connectivity index (χ0v) is 21.5. The number of carbonyl (C=O) groups is 1. The first kappa shape index (κ1) is 24.0. The molecule has 5 aromatic rings. The predicted octanol–water partition coefficient (Wildman–Crippen LogP) is 6.43. The standard InChI is InChI=1S/C30H27N5O2S/c36-30(33-24-9-11-26(12-10-24)34-14-16-37-17-15-34)23-7-4-8-27(19-23)35-21-25(20-31-35)32-28-13-18-38-29(28)22-5-2-1-3-6-22/h1-13,18-21,32H,14-17H2,(H,33,36). The number of benzene rings is 3. The van der Waals surface area contributed by atoms with E-state index in [2.05, 4.69) is 44.2 Å². The molecule has 38 heavy (non-hydrogen) atoms. The molecule has 0 radical (unpaired) electrons. The van der Waals surface area contributed by atoms with Crippen LogP contribution in [0.3, 0.4) is 0 Å².